The van der Waals surface area contributed by atoms with Crippen molar-refractivity contribution >= 4 is 5.97 Å². The second-order valence-electron chi connectivity index (χ2n) is 3.74. The maximum absolute atomic E-state index is 13.7. The first kappa shape index (κ1) is 12.4. The van der Waals surface area contributed by atoms with Crippen molar-refractivity contribution in [2.75, 3.05) is 13.9 Å². The van der Waals surface area contributed by atoms with E-state index in [1.165, 1.54) is 7.11 Å². The maximum atomic E-state index is 13.7. The third-order valence-corrected chi connectivity index (χ3v) is 2.57. The Kier molecular flexibility index (Phi) is 3.24. The van der Waals surface area contributed by atoms with Crippen LogP contribution in [0.1, 0.15) is 18.0 Å². The quantitative estimate of drug-likeness (QED) is 0.837. The lowest BCUT2D eigenvalue weighted by atomic mass is 10.0. The summed E-state index contributed by atoms with van der Waals surface area (Å²) in [6.07, 6.45) is -0.365. The van der Waals surface area contributed by atoms with E-state index in [1.54, 1.807) is 0 Å². The molecule has 0 amide bonds. The minimum atomic E-state index is -1.10. The molecule has 1 unspecified atom stereocenters. The number of carboxylic acids is 1. The fourth-order valence-electron chi connectivity index (χ4n) is 1.85. The van der Waals surface area contributed by atoms with E-state index < -0.39 is 17.8 Å². The molecule has 1 aliphatic heterocycles. The van der Waals surface area contributed by atoms with Crippen molar-refractivity contribution in [2.24, 2.45) is 5.73 Å². The van der Waals surface area contributed by atoms with Crippen LogP contribution in [0.3, 0.4) is 0 Å². The fourth-order valence-corrected chi connectivity index (χ4v) is 1.85. The van der Waals surface area contributed by atoms with Crippen molar-refractivity contribution in [3.8, 4) is 17.2 Å². The third-order valence-electron chi connectivity index (χ3n) is 2.57. The van der Waals surface area contributed by atoms with Gasteiger partial charge in [0.1, 0.15) is 0 Å². The summed E-state index contributed by atoms with van der Waals surface area (Å²) in [7, 11) is 1.28. The van der Waals surface area contributed by atoms with Gasteiger partial charge in [0.25, 0.3) is 0 Å². The fraction of sp³-hybridized carbons (Fsp3) is 0.364. The zero-order valence-electron chi connectivity index (χ0n) is 9.60. The van der Waals surface area contributed by atoms with Crippen molar-refractivity contribution < 1.29 is 28.5 Å². The largest absolute Gasteiger partial charge is 0.493 e. The monoisotopic (exact) mass is 257 g/mol. The number of carboxylic acid groups (broad SMARTS) is 1. The second kappa shape index (κ2) is 4.69. The van der Waals surface area contributed by atoms with Gasteiger partial charge in [0.15, 0.2) is 23.1 Å². The number of ether oxygens (including phenoxy) is 3. The van der Waals surface area contributed by atoms with Crippen LogP contribution in [0.4, 0.5) is 4.39 Å². The molecule has 6 nitrogen and oxygen atoms in total. The van der Waals surface area contributed by atoms with E-state index in [0.29, 0.717) is 0 Å². The van der Waals surface area contributed by atoms with E-state index >= 15 is 0 Å². The summed E-state index contributed by atoms with van der Waals surface area (Å²) in [6, 6.07) is 0.182. The van der Waals surface area contributed by atoms with E-state index in [4.69, 9.17) is 25.1 Å². The lowest BCUT2D eigenvalue weighted by Crippen LogP contribution is -2.17. The summed E-state index contributed by atoms with van der Waals surface area (Å²) in [5.74, 6) is -1.45. The Balaban J connectivity index is 2.52. The predicted octanol–water partition coefficient (Wildman–Crippen LogP) is 1.04. The summed E-state index contributed by atoms with van der Waals surface area (Å²) in [4.78, 5) is 10.7. The molecular weight excluding hydrogens is 245 g/mol. The molecule has 3 N–H and O–H groups in total. The Morgan fingerprint density at radius 2 is 2.39 bits per heavy atom. The van der Waals surface area contributed by atoms with Crippen LogP contribution in [0, 0.1) is 5.82 Å². The number of fused-ring (bicyclic) bond motifs is 1. The first-order valence-corrected chi connectivity index (χ1v) is 5.18. The normalized spacial score (nSPS) is 14.4. The van der Waals surface area contributed by atoms with E-state index in [9.17, 15) is 9.18 Å². The Bertz CT molecular complexity index is 487. The first-order valence-electron chi connectivity index (χ1n) is 5.18. The molecule has 1 atom stereocenters. The highest BCUT2D eigenvalue weighted by Crippen LogP contribution is 2.45. The molecule has 1 aromatic carbocycles. The number of nitrogens with two attached hydrogens (primary N) is 1. The Labute approximate surface area is 102 Å². The molecule has 7 heteroatoms. The van der Waals surface area contributed by atoms with E-state index in [1.807, 2.05) is 0 Å². The van der Waals surface area contributed by atoms with Crippen LogP contribution in [0.5, 0.6) is 17.2 Å². The van der Waals surface area contributed by atoms with Crippen LogP contribution < -0.4 is 19.9 Å². The van der Waals surface area contributed by atoms with Crippen molar-refractivity contribution in [1.82, 2.24) is 0 Å². The zero-order chi connectivity index (χ0) is 13.3. The molecule has 98 valence electrons. The van der Waals surface area contributed by atoms with Gasteiger partial charge in [-0.05, 0) is 0 Å². The summed E-state index contributed by atoms with van der Waals surface area (Å²) in [5.41, 5.74) is 5.92. The second-order valence-corrected chi connectivity index (χ2v) is 3.74. The highest BCUT2D eigenvalue weighted by Gasteiger charge is 2.29. The van der Waals surface area contributed by atoms with Crippen molar-refractivity contribution in [3.05, 3.63) is 17.4 Å². The number of hydrogen-bond donors (Lipinski definition) is 2. The van der Waals surface area contributed by atoms with Gasteiger partial charge < -0.3 is 25.1 Å². The van der Waals surface area contributed by atoms with Crippen LogP contribution in [0.2, 0.25) is 0 Å². The van der Waals surface area contributed by atoms with E-state index in [2.05, 4.69) is 0 Å². The lowest BCUT2D eigenvalue weighted by molar-refractivity contribution is -0.137. The van der Waals surface area contributed by atoms with Gasteiger partial charge in [-0.25, -0.2) is 4.39 Å². The number of methoxy groups -OCH3 is 1. The minimum absolute atomic E-state index is 0.0608. The Morgan fingerprint density at radius 1 is 1.67 bits per heavy atom. The molecule has 0 aromatic heterocycles. The zero-order valence-corrected chi connectivity index (χ0v) is 9.60. The molecule has 1 aromatic rings. The highest BCUT2D eigenvalue weighted by molar-refractivity contribution is 5.69. The van der Waals surface area contributed by atoms with E-state index in [-0.39, 0.29) is 36.0 Å². The van der Waals surface area contributed by atoms with Crippen molar-refractivity contribution in [1.29, 1.82) is 0 Å². The SMILES string of the molecule is COc1c(F)cc2c(c1C(N)CC(=O)O)OCO2. The lowest BCUT2D eigenvalue weighted by Gasteiger charge is -2.16. The number of rotatable bonds is 4. The molecule has 1 heterocycles. The van der Waals surface area contributed by atoms with Gasteiger partial charge >= 0.3 is 5.97 Å². The predicted molar refractivity (Wildman–Crippen MR) is 58.3 cm³/mol. The molecule has 2 rings (SSSR count). The van der Waals surface area contributed by atoms with Gasteiger partial charge in [0, 0.05) is 12.1 Å². The number of hydrogen-bond acceptors (Lipinski definition) is 5. The molecule has 0 saturated heterocycles. The third kappa shape index (κ3) is 2.04. The number of halogens is 1. The molecule has 0 fully saturated rings. The smallest absolute Gasteiger partial charge is 0.305 e. The minimum Gasteiger partial charge on any atom is -0.493 e. The van der Waals surface area contributed by atoms with Gasteiger partial charge in [-0.2, -0.15) is 0 Å². The highest BCUT2D eigenvalue weighted by atomic mass is 19.1. The first-order chi connectivity index (χ1) is 8.54. The van der Waals surface area contributed by atoms with Crippen molar-refractivity contribution in [2.45, 2.75) is 12.5 Å². The van der Waals surface area contributed by atoms with Gasteiger partial charge in [0.05, 0.1) is 19.1 Å². The molecular formula is C11H12FNO5. The molecule has 18 heavy (non-hydrogen) atoms. The van der Waals surface area contributed by atoms with Crippen LogP contribution >= 0.6 is 0 Å². The van der Waals surface area contributed by atoms with Crippen molar-refractivity contribution in [3.63, 3.8) is 0 Å². The number of benzene rings is 1. The van der Waals surface area contributed by atoms with Crippen LogP contribution in [0.25, 0.3) is 0 Å². The van der Waals surface area contributed by atoms with E-state index in [0.717, 1.165) is 6.07 Å². The van der Waals surface area contributed by atoms with Crippen LogP contribution in [-0.2, 0) is 4.79 Å². The van der Waals surface area contributed by atoms with Crippen LogP contribution in [-0.4, -0.2) is 25.0 Å². The average molecular weight is 257 g/mol. The number of carbonyl (C=O) groups is 1. The average Bonchev–Trinajstić information content (AvgIpc) is 2.73. The summed E-state index contributed by atoms with van der Waals surface area (Å²) >= 11 is 0. The topological polar surface area (TPSA) is 91.0 Å². The molecule has 1 aliphatic rings. The Morgan fingerprint density at radius 3 is 3.00 bits per heavy atom. The molecule has 0 aliphatic carbocycles. The molecule has 0 radical (unpaired) electrons. The number of aliphatic carboxylic acids is 1. The van der Waals surface area contributed by atoms with Crippen LogP contribution in [0.15, 0.2) is 6.07 Å². The summed E-state index contributed by atoms with van der Waals surface area (Å²) in [6.45, 7) is -0.0608. The molecule has 0 bridgehead atoms. The van der Waals surface area contributed by atoms with Gasteiger partial charge in [0.2, 0.25) is 6.79 Å². The summed E-state index contributed by atoms with van der Waals surface area (Å²) in [5, 5.41) is 8.74. The van der Waals surface area contributed by atoms with Gasteiger partial charge in [-0.15, -0.1) is 0 Å². The van der Waals surface area contributed by atoms with Gasteiger partial charge in [-0.1, -0.05) is 0 Å². The molecule has 0 spiro atoms. The Hall–Kier alpha value is -2.02. The summed E-state index contributed by atoms with van der Waals surface area (Å²) < 4.78 is 28.9. The van der Waals surface area contributed by atoms with Gasteiger partial charge in [-0.3, -0.25) is 4.79 Å². The maximum Gasteiger partial charge on any atom is 0.305 e. The molecule has 0 saturated carbocycles. The standard InChI is InChI=1S/C11H12FNO5/c1-16-10-5(12)2-7-11(18-4-17-7)9(10)6(13)3-8(14)15/h2,6H,3-4,13H2,1H3,(H,14,15).